The van der Waals surface area contributed by atoms with Crippen LogP contribution in [0.3, 0.4) is 0 Å². The lowest BCUT2D eigenvalue weighted by Crippen LogP contribution is -2.33. The molecule has 0 heterocycles. The van der Waals surface area contributed by atoms with Crippen LogP contribution in [-0.2, 0) is 16.0 Å². The first kappa shape index (κ1) is 15.5. The second kappa shape index (κ2) is 7.81. The average Bonchev–Trinajstić information content (AvgIpc) is 2.38. The fourth-order valence-electron chi connectivity index (χ4n) is 1.42. The SMILES string of the molecule is CCc1cccc(NC(=O)CSC[C@H](N)C(=O)O)c1. The lowest BCUT2D eigenvalue weighted by Gasteiger charge is -2.08. The number of carboxylic acid groups (broad SMARTS) is 1. The molecular weight excluding hydrogens is 264 g/mol. The molecule has 6 heteroatoms. The van der Waals surface area contributed by atoms with E-state index in [0.717, 1.165) is 17.7 Å². The van der Waals surface area contributed by atoms with E-state index in [4.69, 9.17) is 10.8 Å². The molecule has 1 aromatic rings. The predicted molar refractivity (Wildman–Crippen MR) is 77.4 cm³/mol. The lowest BCUT2D eigenvalue weighted by atomic mass is 10.1. The van der Waals surface area contributed by atoms with Crippen LogP contribution in [0.5, 0.6) is 0 Å². The van der Waals surface area contributed by atoms with Crippen molar-refractivity contribution in [1.29, 1.82) is 0 Å². The number of rotatable bonds is 7. The van der Waals surface area contributed by atoms with Crippen molar-refractivity contribution in [3.63, 3.8) is 0 Å². The zero-order valence-electron chi connectivity index (χ0n) is 10.8. The summed E-state index contributed by atoms with van der Waals surface area (Å²) in [4.78, 5) is 22.1. The highest BCUT2D eigenvalue weighted by molar-refractivity contribution is 8.00. The molecule has 0 aliphatic heterocycles. The maximum Gasteiger partial charge on any atom is 0.321 e. The topological polar surface area (TPSA) is 92.4 Å². The molecule has 0 saturated heterocycles. The summed E-state index contributed by atoms with van der Waals surface area (Å²) >= 11 is 1.21. The second-order valence-corrected chi connectivity index (χ2v) is 5.09. The Balaban J connectivity index is 2.36. The van der Waals surface area contributed by atoms with Gasteiger partial charge in [-0.3, -0.25) is 9.59 Å². The molecule has 0 radical (unpaired) electrons. The normalized spacial score (nSPS) is 11.9. The summed E-state index contributed by atoms with van der Waals surface area (Å²) in [6.45, 7) is 2.05. The van der Waals surface area contributed by atoms with Crippen LogP contribution >= 0.6 is 11.8 Å². The Morgan fingerprint density at radius 3 is 2.84 bits per heavy atom. The van der Waals surface area contributed by atoms with Gasteiger partial charge in [0, 0.05) is 11.4 Å². The third-order valence-electron chi connectivity index (χ3n) is 2.47. The molecule has 0 unspecified atom stereocenters. The number of aryl methyl sites for hydroxylation is 1. The summed E-state index contributed by atoms with van der Waals surface area (Å²) in [5.41, 5.74) is 7.25. The van der Waals surface area contributed by atoms with Crippen LogP contribution in [0.2, 0.25) is 0 Å². The van der Waals surface area contributed by atoms with E-state index in [1.54, 1.807) is 0 Å². The maximum atomic E-state index is 11.6. The van der Waals surface area contributed by atoms with Crippen molar-refractivity contribution < 1.29 is 14.7 Å². The molecule has 0 fully saturated rings. The Bertz CT molecular complexity index is 451. The molecule has 1 aromatic carbocycles. The quantitative estimate of drug-likeness (QED) is 0.701. The number of carbonyl (C=O) groups excluding carboxylic acids is 1. The van der Waals surface area contributed by atoms with Gasteiger partial charge in [-0.2, -0.15) is 0 Å². The van der Waals surface area contributed by atoms with Gasteiger partial charge in [-0.25, -0.2) is 0 Å². The van der Waals surface area contributed by atoms with Crippen molar-refractivity contribution in [3.05, 3.63) is 29.8 Å². The number of nitrogens with one attached hydrogen (secondary N) is 1. The van der Waals surface area contributed by atoms with Crippen molar-refractivity contribution in [2.24, 2.45) is 5.73 Å². The minimum Gasteiger partial charge on any atom is -0.480 e. The number of thioether (sulfide) groups is 1. The monoisotopic (exact) mass is 282 g/mol. The van der Waals surface area contributed by atoms with E-state index in [0.29, 0.717) is 0 Å². The zero-order chi connectivity index (χ0) is 14.3. The predicted octanol–water partition coefficient (Wildman–Crippen LogP) is 1.33. The first-order chi connectivity index (χ1) is 9.02. The Labute approximate surface area is 116 Å². The second-order valence-electron chi connectivity index (χ2n) is 4.06. The number of hydrogen-bond donors (Lipinski definition) is 3. The van der Waals surface area contributed by atoms with E-state index < -0.39 is 12.0 Å². The number of amides is 1. The van der Waals surface area contributed by atoms with Gasteiger partial charge in [0.05, 0.1) is 5.75 Å². The Kier molecular flexibility index (Phi) is 6.38. The standard InChI is InChI=1S/C13H18N2O3S/c1-2-9-4-3-5-10(6-9)15-12(16)8-19-7-11(14)13(17)18/h3-6,11H,2,7-8,14H2,1H3,(H,15,16)(H,17,18)/t11-/m0/s1. The molecule has 1 amide bonds. The van der Waals surface area contributed by atoms with E-state index >= 15 is 0 Å². The van der Waals surface area contributed by atoms with Crippen molar-refractivity contribution in [3.8, 4) is 0 Å². The first-order valence-corrected chi connectivity index (χ1v) is 7.13. The highest BCUT2D eigenvalue weighted by Crippen LogP contribution is 2.12. The van der Waals surface area contributed by atoms with Gasteiger partial charge in [-0.05, 0) is 24.1 Å². The molecule has 0 spiro atoms. The minimum absolute atomic E-state index is 0.157. The lowest BCUT2D eigenvalue weighted by molar-refractivity contribution is -0.137. The van der Waals surface area contributed by atoms with Gasteiger partial charge in [0.2, 0.25) is 5.91 Å². The molecule has 4 N–H and O–H groups in total. The van der Waals surface area contributed by atoms with Crippen molar-refractivity contribution in [2.45, 2.75) is 19.4 Å². The summed E-state index contributed by atoms with van der Waals surface area (Å²) in [5, 5.41) is 11.4. The highest BCUT2D eigenvalue weighted by atomic mass is 32.2. The van der Waals surface area contributed by atoms with Crippen LogP contribution in [0.25, 0.3) is 0 Å². The fourth-order valence-corrected chi connectivity index (χ4v) is 2.19. The molecule has 0 saturated carbocycles. The van der Waals surface area contributed by atoms with Crippen LogP contribution in [0.4, 0.5) is 5.69 Å². The number of hydrogen-bond acceptors (Lipinski definition) is 4. The van der Waals surface area contributed by atoms with E-state index in [1.807, 2.05) is 31.2 Å². The van der Waals surface area contributed by atoms with Gasteiger partial charge >= 0.3 is 5.97 Å². The molecule has 0 aliphatic carbocycles. The van der Waals surface area contributed by atoms with Gasteiger partial charge in [-0.15, -0.1) is 11.8 Å². The molecular formula is C13H18N2O3S. The van der Waals surface area contributed by atoms with Crippen LogP contribution in [-0.4, -0.2) is 34.5 Å². The number of carbonyl (C=O) groups is 2. The molecule has 104 valence electrons. The molecule has 0 aliphatic rings. The highest BCUT2D eigenvalue weighted by Gasteiger charge is 2.12. The van der Waals surface area contributed by atoms with Gasteiger partial charge in [0.25, 0.3) is 0 Å². The minimum atomic E-state index is -1.05. The van der Waals surface area contributed by atoms with Crippen LogP contribution < -0.4 is 11.1 Å². The van der Waals surface area contributed by atoms with Crippen molar-refractivity contribution in [1.82, 2.24) is 0 Å². The van der Waals surface area contributed by atoms with Crippen molar-refractivity contribution in [2.75, 3.05) is 16.8 Å². The summed E-state index contributed by atoms with van der Waals surface area (Å²) in [6.07, 6.45) is 0.909. The summed E-state index contributed by atoms with van der Waals surface area (Å²) in [6, 6.07) is 6.70. The van der Waals surface area contributed by atoms with E-state index in [1.165, 1.54) is 11.8 Å². The molecule has 1 atom stereocenters. The van der Waals surface area contributed by atoms with E-state index in [2.05, 4.69) is 5.32 Å². The van der Waals surface area contributed by atoms with Crippen LogP contribution in [0, 0.1) is 0 Å². The van der Waals surface area contributed by atoms with Crippen LogP contribution in [0.15, 0.2) is 24.3 Å². The molecule has 19 heavy (non-hydrogen) atoms. The smallest absolute Gasteiger partial charge is 0.321 e. The maximum absolute atomic E-state index is 11.6. The zero-order valence-corrected chi connectivity index (χ0v) is 11.6. The van der Waals surface area contributed by atoms with Gasteiger partial charge < -0.3 is 16.2 Å². The van der Waals surface area contributed by atoms with Gasteiger partial charge in [0.15, 0.2) is 0 Å². The third-order valence-corrected chi connectivity index (χ3v) is 3.53. The van der Waals surface area contributed by atoms with Gasteiger partial charge in [-0.1, -0.05) is 19.1 Å². The molecule has 0 aromatic heterocycles. The molecule has 5 nitrogen and oxygen atoms in total. The average molecular weight is 282 g/mol. The van der Waals surface area contributed by atoms with Crippen LogP contribution in [0.1, 0.15) is 12.5 Å². The van der Waals surface area contributed by atoms with Crippen molar-refractivity contribution >= 4 is 29.3 Å². The molecule has 0 bridgehead atoms. The molecule has 1 rings (SSSR count). The first-order valence-electron chi connectivity index (χ1n) is 5.98. The number of aliphatic carboxylic acids is 1. The summed E-state index contributed by atoms with van der Waals surface area (Å²) in [5.74, 6) is -0.797. The van der Waals surface area contributed by atoms with E-state index in [-0.39, 0.29) is 17.4 Å². The number of carboxylic acids is 1. The third kappa shape index (κ3) is 5.76. The summed E-state index contributed by atoms with van der Waals surface area (Å²) in [7, 11) is 0. The van der Waals surface area contributed by atoms with Gasteiger partial charge in [0.1, 0.15) is 6.04 Å². The largest absolute Gasteiger partial charge is 0.480 e. The number of benzene rings is 1. The number of nitrogens with two attached hydrogens (primary N) is 1. The Morgan fingerprint density at radius 2 is 2.21 bits per heavy atom. The number of anilines is 1. The van der Waals surface area contributed by atoms with E-state index in [9.17, 15) is 9.59 Å². The summed E-state index contributed by atoms with van der Waals surface area (Å²) < 4.78 is 0. The Hall–Kier alpha value is -1.53. The Morgan fingerprint density at radius 1 is 1.47 bits per heavy atom. The fraction of sp³-hybridized carbons (Fsp3) is 0.385.